The molecular formula is C14H21FN2O3S. The van der Waals surface area contributed by atoms with Crippen molar-refractivity contribution in [2.24, 2.45) is 0 Å². The van der Waals surface area contributed by atoms with Gasteiger partial charge in [-0.2, -0.15) is 4.31 Å². The third-order valence-electron chi connectivity index (χ3n) is 3.56. The van der Waals surface area contributed by atoms with Crippen LogP contribution in [0.5, 0.6) is 0 Å². The highest BCUT2D eigenvalue weighted by molar-refractivity contribution is 7.89. The number of nitrogens with zero attached hydrogens (tertiary/aromatic N) is 1. The number of nitrogens with one attached hydrogen (secondary N) is 1. The van der Waals surface area contributed by atoms with Gasteiger partial charge in [0.2, 0.25) is 10.0 Å². The van der Waals surface area contributed by atoms with Crippen LogP contribution in [0.15, 0.2) is 17.0 Å². The minimum absolute atomic E-state index is 0.167. The Labute approximate surface area is 125 Å². The zero-order chi connectivity index (χ0) is 15.6. The Morgan fingerprint density at radius 3 is 2.57 bits per heavy atom. The van der Waals surface area contributed by atoms with E-state index in [1.54, 1.807) is 20.9 Å². The van der Waals surface area contributed by atoms with Gasteiger partial charge in [-0.25, -0.2) is 12.8 Å². The molecule has 1 heterocycles. The van der Waals surface area contributed by atoms with Gasteiger partial charge in [0.1, 0.15) is 5.82 Å². The van der Waals surface area contributed by atoms with Crippen LogP contribution in [0.1, 0.15) is 11.1 Å². The molecule has 0 aromatic heterocycles. The van der Waals surface area contributed by atoms with Crippen molar-refractivity contribution in [3.05, 3.63) is 29.1 Å². The number of morpholine rings is 1. The minimum atomic E-state index is -3.63. The Morgan fingerprint density at radius 1 is 1.38 bits per heavy atom. The van der Waals surface area contributed by atoms with E-state index in [1.807, 2.05) is 0 Å². The van der Waals surface area contributed by atoms with Crippen molar-refractivity contribution in [3.8, 4) is 0 Å². The molecule has 1 N–H and O–H groups in total. The first-order valence-electron chi connectivity index (χ1n) is 6.89. The second-order valence-electron chi connectivity index (χ2n) is 5.28. The van der Waals surface area contributed by atoms with Crippen molar-refractivity contribution in [2.45, 2.75) is 24.8 Å². The molecule has 1 fully saturated rings. The molecule has 5 nitrogen and oxygen atoms in total. The van der Waals surface area contributed by atoms with Crippen LogP contribution in [-0.4, -0.2) is 52.1 Å². The maximum Gasteiger partial charge on any atom is 0.243 e. The monoisotopic (exact) mass is 316 g/mol. The maximum absolute atomic E-state index is 13.4. The van der Waals surface area contributed by atoms with Gasteiger partial charge in [-0.3, -0.25) is 0 Å². The fraction of sp³-hybridized carbons (Fsp3) is 0.571. The number of halogens is 1. The molecule has 0 saturated carbocycles. The van der Waals surface area contributed by atoms with Crippen molar-refractivity contribution in [1.82, 2.24) is 9.62 Å². The van der Waals surface area contributed by atoms with Crippen LogP contribution in [0.25, 0.3) is 0 Å². The van der Waals surface area contributed by atoms with Gasteiger partial charge in [0.25, 0.3) is 0 Å². The van der Waals surface area contributed by atoms with Crippen LogP contribution in [0.2, 0.25) is 0 Å². The third kappa shape index (κ3) is 3.42. The topological polar surface area (TPSA) is 58.6 Å². The number of hydrogen-bond acceptors (Lipinski definition) is 4. The summed E-state index contributed by atoms with van der Waals surface area (Å²) >= 11 is 0. The molecular weight excluding hydrogens is 295 g/mol. The fourth-order valence-corrected chi connectivity index (χ4v) is 4.56. The molecule has 1 aliphatic rings. The summed E-state index contributed by atoms with van der Waals surface area (Å²) in [5.74, 6) is -0.418. The lowest BCUT2D eigenvalue weighted by molar-refractivity contribution is 0.000801. The zero-order valence-electron chi connectivity index (χ0n) is 12.5. The number of sulfonamides is 1. The molecule has 21 heavy (non-hydrogen) atoms. The number of rotatable bonds is 4. The van der Waals surface area contributed by atoms with Gasteiger partial charge in [-0.1, -0.05) is 0 Å². The van der Waals surface area contributed by atoms with Gasteiger partial charge in [0, 0.05) is 19.6 Å². The Morgan fingerprint density at radius 2 is 2.00 bits per heavy atom. The summed E-state index contributed by atoms with van der Waals surface area (Å²) in [7, 11) is -1.84. The standard InChI is InChI=1S/C14H21FN2O3S/c1-10-6-12(15)7-11(2)14(10)21(18,19)17-4-5-20-13(9-17)8-16-3/h6-7,13,16H,4-5,8-9H2,1-3H3. The van der Waals surface area contributed by atoms with E-state index >= 15 is 0 Å². The van der Waals surface area contributed by atoms with Crippen molar-refractivity contribution in [2.75, 3.05) is 33.3 Å². The highest BCUT2D eigenvalue weighted by Gasteiger charge is 2.32. The smallest absolute Gasteiger partial charge is 0.243 e. The lowest BCUT2D eigenvalue weighted by Crippen LogP contribution is -2.48. The normalized spacial score (nSPS) is 20.7. The van der Waals surface area contributed by atoms with Crippen LogP contribution in [0, 0.1) is 19.7 Å². The van der Waals surface area contributed by atoms with E-state index in [0.717, 1.165) is 0 Å². The lowest BCUT2D eigenvalue weighted by atomic mass is 10.1. The van der Waals surface area contributed by atoms with Crippen molar-refractivity contribution in [1.29, 1.82) is 0 Å². The summed E-state index contributed by atoms with van der Waals surface area (Å²) in [5.41, 5.74) is 0.869. The average molecular weight is 316 g/mol. The van der Waals surface area contributed by atoms with E-state index in [2.05, 4.69) is 5.32 Å². The molecule has 0 spiro atoms. The van der Waals surface area contributed by atoms with Gasteiger partial charge in [0.15, 0.2) is 0 Å². The zero-order valence-corrected chi connectivity index (χ0v) is 13.3. The molecule has 2 rings (SSSR count). The van der Waals surface area contributed by atoms with Crippen molar-refractivity contribution in [3.63, 3.8) is 0 Å². The van der Waals surface area contributed by atoms with E-state index < -0.39 is 15.8 Å². The Kier molecular flexibility index (Phi) is 4.98. The number of benzene rings is 1. The Hall–Kier alpha value is -1.02. The number of aryl methyl sites for hydroxylation is 2. The predicted octanol–water partition coefficient (Wildman–Crippen LogP) is 1.05. The van der Waals surface area contributed by atoms with Gasteiger partial charge >= 0.3 is 0 Å². The first-order chi connectivity index (χ1) is 9.86. The number of ether oxygens (including phenoxy) is 1. The summed E-state index contributed by atoms with van der Waals surface area (Å²) in [4.78, 5) is 0.203. The highest BCUT2D eigenvalue weighted by Crippen LogP contribution is 2.26. The first kappa shape index (κ1) is 16.4. The summed E-state index contributed by atoms with van der Waals surface area (Å²) in [6, 6.07) is 2.51. The first-order valence-corrected chi connectivity index (χ1v) is 8.33. The van der Waals surface area contributed by atoms with Crippen molar-refractivity contribution >= 4 is 10.0 Å². The molecule has 0 bridgehead atoms. The third-order valence-corrected chi connectivity index (χ3v) is 5.73. The summed E-state index contributed by atoms with van der Waals surface area (Å²) in [6.07, 6.45) is -0.167. The van der Waals surface area contributed by atoms with E-state index in [-0.39, 0.29) is 11.0 Å². The summed E-state index contributed by atoms with van der Waals surface area (Å²) in [6.45, 7) is 4.82. The molecule has 0 aliphatic carbocycles. The summed E-state index contributed by atoms with van der Waals surface area (Å²) < 4.78 is 46.0. The van der Waals surface area contributed by atoms with Gasteiger partial charge in [-0.15, -0.1) is 0 Å². The molecule has 1 saturated heterocycles. The molecule has 1 atom stereocenters. The van der Waals surface area contributed by atoms with E-state index in [1.165, 1.54) is 16.4 Å². The molecule has 7 heteroatoms. The van der Waals surface area contributed by atoms with E-state index in [4.69, 9.17) is 4.74 Å². The van der Waals surface area contributed by atoms with Gasteiger partial charge in [0.05, 0.1) is 17.6 Å². The Balaban J connectivity index is 2.34. The molecule has 1 aromatic rings. The molecule has 0 amide bonds. The molecule has 118 valence electrons. The van der Waals surface area contributed by atoms with Gasteiger partial charge < -0.3 is 10.1 Å². The minimum Gasteiger partial charge on any atom is -0.374 e. The molecule has 1 aromatic carbocycles. The molecule has 1 unspecified atom stereocenters. The largest absolute Gasteiger partial charge is 0.374 e. The van der Waals surface area contributed by atoms with Crippen LogP contribution in [0.4, 0.5) is 4.39 Å². The maximum atomic E-state index is 13.4. The second kappa shape index (κ2) is 6.39. The fourth-order valence-electron chi connectivity index (χ4n) is 2.70. The van der Waals surface area contributed by atoms with E-state index in [9.17, 15) is 12.8 Å². The van der Waals surface area contributed by atoms with Crippen molar-refractivity contribution < 1.29 is 17.5 Å². The van der Waals surface area contributed by atoms with Gasteiger partial charge in [-0.05, 0) is 44.2 Å². The van der Waals surface area contributed by atoms with Crippen LogP contribution in [-0.2, 0) is 14.8 Å². The van der Waals surface area contributed by atoms with Crippen LogP contribution in [0.3, 0.4) is 0 Å². The SMILES string of the molecule is CNCC1CN(S(=O)(=O)c2c(C)cc(F)cc2C)CCO1. The molecule has 1 aliphatic heterocycles. The summed E-state index contributed by atoms with van der Waals surface area (Å²) in [5, 5.41) is 2.98. The quantitative estimate of drug-likeness (QED) is 0.902. The molecule has 0 radical (unpaired) electrons. The number of hydrogen-bond donors (Lipinski definition) is 1. The lowest BCUT2D eigenvalue weighted by Gasteiger charge is -2.32. The van der Waals surface area contributed by atoms with Crippen LogP contribution < -0.4 is 5.32 Å². The second-order valence-corrected chi connectivity index (χ2v) is 7.16. The highest BCUT2D eigenvalue weighted by atomic mass is 32.2. The number of likely N-dealkylation sites (N-methyl/N-ethyl adjacent to an activating group) is 1. The average Bonchev–Trinajstić information content (AvgIpc) is 2.37. The van der Waals surface area contributed by atoms with Crippen LogP contribution >= 0.6 is 0 Å². The predicted molar refractivity (Wildman–Crippen MR) is 78.3 cm³/mol. The Bertz CT molecular complexity index is 594. The van der Waals surface area contributed by atoms with E-state index in [0.29, 0.717) is 37.4 Å².